The van der Waals surface area contributed by atoms with Crippen LogP contribution in [0.4, 0.5) is 4.79 Å². The largest absolute Gasteiger partial charge is 0.434 e. The molecular weight excluding hydrogens is 340 g/mol. The van der Waals surface area contributed by atoms with Crippen molar-refractivity contribution in [3.8, 4) is 0 Å². The first kappa shape index (κ1) is 13.5. The Bertz CT molecular complexity index is 802. The van der Waals surface area contributed by atoms with E-state index in [4.69, 9.17) is 16.3 Å². The summed E-state index contributed by atoms with van der Waals surface area (Å²) in [7, 11) is 0. The van der Waals surface area contributed by atoms with E-state index in [-0.39, 0.29) is 23.9 Å². The highest BCUT2D eigenvalue weighted by Gasteiger charge is 3.05. The number of carbonyl (C=O) groups is 2. The fourth-order valence-corrected chi connectivity index (χ4v) is 8.15. The number of hydrogen-bond acceptors (Lipinski definition) is 3. The Morgan fingerprint density at radius 2 is 1.80 bits per heavy atom. The summed E-state index contributed by atoms with van der Waals surface area (Å²) in [5, 5.41) is 6.52. The van der Waals surface area contributed by atoms with E-state index in [2.05, 4.69) is 10.6 Å². The van der Waals surface area contributed by atoms with Crippen molar-refractivity contribution in [1.29, 1.82) is 0 Å². The van der Waals surface area contributed by atoms with E-state index in [1.54, 1.807) is 0 Å². The first-order valence-electron chi connectivity index (χ1n) is 9.14. The zero-order chi connectivity index (χ0) is 16.7. The van der Waals surface area contributed by atoms with Crippen LogP contribution < -0.4 is 10.6 Å². The summed E-state index contributed by atoms with van der Waals surface area (Å²) in [6.45, 7) is 0.247. The number of rotatable bonds is 4. The average molecular weight is 357 g/mol. The molecule has 1 unspecified atom stereocenters. The van der Waals surface area contributed by atoms with Gasteiger partial charge >= 0.3 is 6.09 Å². The monoisotopic (exact) mass is 356 g/mol. The Labute approximate surface area is 149 Å². The third-order valence-electron chi connectivity index (χ3n) is 8.52. The molecule has 25 heavy (non-hydrogen) atoms. The lowest BCUT2D eigenvalue weighted by atomic mass is 8.96. The molecule has 0 aromatic heterocycles. The normalized spacial score (nSPS) is 52.1. The molecule has 1 aromatic carbocycles. The first-order valence-corrected chi connectivity index (χ1v) is 9.52. The quantitative estimate of drug-likeness (QED) is 0.866. The van der Waals surface area contributed by atoms with Crippen molar-refractivity contribution < 1.29 is 14.3 Å². The number of carbonyl (C=O) groups excluding carboxylic acids is 2. The number of benzene rings is 1. The zero-order valence-corrected chi connectivity index (χ0v) is 14.1. The molecule has 6 heteroatoms. The topological polar surface area (TPSA) is 67.4 Å². The number of halogens is 1. The van der Waals surface area contributed by atoms with Gasteiger partial charge in [0, 0.05) is 10.4 Å². The highest BCUT2D eigenvalue weighted by molar-refractivity contribution is 6.30. The predicted octanol–water partition coefficient (Wildman–Crippen LogP) is 1.97. The molecule has 8 rings (SSSR count). The SMILES string of the molecule is O=C1NCC(C(=O)N[C@H](c2ccc(Cl)cc2)C23C4C5C6C4C2C6C53)O1. The third-order valence-corrected chi connectivity index (χ3v) is 8.77. The van der Waals surface area contributed by atoms with Crippen LogP contribution in [-0.4, -0.2) is 24.6 Å². The molecule has 1 saturated heterocycles. The number of ether oxygens (including phenoxy) is 1. The second-order valence-electron chi connectivity index (χ2n) is 8.65. The van der Waals surface area contributed by atoms with Gasteiger partial charge in [0.15, 0.2) is 6.10 Å². The molecule has 2 amide bonds. The Balaban J connectivity index is 1.23. The molecule has 0 bridgehead atoms. The van der Waals surface area contributed by atoms with Crippen molar-refractivity contribution in [2.45, 2.75) is 12.1 Å². The van der Waals surface area contributed by atoms with Gasteiger partial charge in [0.1, 0.15) is 0 Å². The Kier molecular flexibility index (Phi) is 2.06. The molecule has 1 aliphatic heterocycles. The van der Waals surface area contributed by atoms with Gasteiger partial charge in [0.2, 0.25) is 0 Å². The van der Waals surface area contributed by atoms with Crippen LogP contribution in [0.3, 0.4) is 0 Å². The lowest BCUT2D eigenvalue weighted by Gasteiger charge is -3.08. The van der Waals surface area contributed by atoms with Crippen LogP contribution in [0.1, 0.15) is 11.6 Å². The number of hydrogen-bond donors (Lipinski definition) is 2. The smallest absolute Gasteiger partial charge is 0.408 e. The number of amides is 2. The Hall–Kier alpha value is -1.75. The van der Waals surface area contributed by atoms with Gasteiger partial charge in [-0.05, 0) is 59.1 Å². The van der Waals surface area contributed by atoms with Gasteiger partial charge in [0.05, 0.1) is 12.6 Å². The van der Waals surface area contributed by atoms with Crippen molar-refractivity contribution in [3.63, 3.8) is 0 Å². The zero-order valence-electron chi connectivity index (χ0n) is 13.3. The van der Waals surface area contributed by atoms with Crippen molar-refractivity contribution in [1.82, 2.24) is 10.6 Å². The molecule has 2 N–H and O–H groups in total. The Morgan fingerprint density at radius 1 is 1.16 bits per heavy atom. The fourth-order valence-electron chi connectivity index (χ4n) is 8.02. The first-order chi connectivity index (χ1) is 12.1. The molecule has 128 valence electrons. The van der Waals surface area contributed by atoms with Crippen LogP contribution in [0.25, 0.3) is 0 Å². The van der Waals surface area contributed by atoms with E-state index in [9.17, 15) is 9.59 Å². The molecule has 1 heterocycles. The third kappa shape index (κ3) is 1.15. The molecule has 5 nitrogen and oxygen atoms in total. The molecule has 7 fully saturated rings. The fraction of sp³-hybridized carbons (Fsp3) is 0.579. The van der Waals surface area contributed by atoms with Gasteiger partial charge in [-0.2, -0.15) is 0 Å². The van der Waals surface area contributed by atoms with Crippen LogP contribution in [0, 0.1) is 46.8 Å². The van der Waals surface area contributed by atoms with Crippen LogP contribution in [-0.2, 0) is 9.53 Å². The van der Waals surface area contributed by atoms with Crippen LogP contribution in [0.2, 0.25) is 5.02 Å². The lowest BCUT2D eigenvalue weighted by Crippen LogP contribution is -3.06. The molecule has 7 aliphatic rings. The minimum absolute atomic E-state index is 0.0153. The van der Waals surface area contributed by atoms with Gasteiger partial charge in [-0.1, -0.05) is 23.7 Å². The summed E-state index contributed by atoms with van der Waals surface area (Å²) in [5.41, 5.74) is 1.40. The highest BCUT2D eigenvalue weighted by Crippen LogP contribution is 3.07. The summed E-state index contributed by atoms with van der Waals surface area (Å²) in [4.78, 5) is 24.0. The summed E-state index contributed by atoms with van der Waals surface area (Å²) >= 11 is 6.06. The van der Waals surface area contributed by atoms with Crippen LogP contribution in [0.5, 0.6) is 0 Å². The summed E-state index contributed by atoms with van der Waals surface area (Å²) in [6.07, 6.45) is -1.24. The van der Waals surface area contributed by atoms with Gasteiger partial charge in [-0.15, -0.1) is 0 Å². The van der Waals surface area contributed by atoms with E-state index >= 15 is 0 Å². The van der Waals surface area contributed by atoms with Crippen LogP contribution >= 0.6 is 11.6 Å². The number of nitrogens with one attached hydrogen (secondary N) is 2. The lowest BCUT2D eigenvalue weighted by molar-refractivity contribution is -0.620. The molecule has 6 aliphatic carbocycles. The summed E-state index contributed by atoms with van der Waals surface area (Å²) in [6, 6.07) is 7.88. The molecule has 0 spiro atoms. The second kappa shape index (κ2) is 3.83. The standard InChI is InChI=1S/C19H17ClN2O3/c20-7-3-1-6(2-4-7)16(22-17(23)8-5-21-18(24)25-8)19-13-10-9-11(13)15(19)12(9)14(10)19/h1-4,8-16H,5H2,(H,21,24)(H,22,23)/t8?,9?,10?,11?,12?,13?,14?,15?,16-,19?/m1/s1. The van der Waals surface area contributed by atoms with E-state index in [1.165, 1.54) is 0 Å². The second-order valence-corrected chi connectivity index (χ2v) is 9.09. The molecule has 2 atom stereocenters. The summed E-state index contributed by atoms with van der Waals surface area (Å²) in [5.74, 6) is 6.09. The van der Waals surface area contributed by atoms with Gasteiger partial charge in [-0.25, -0.2) is 4.79 Å². The number of alkyl carbamates (subject to hydrolysis) is 1. The molecular formula is C19H17ClN2O3. The van der Waals surface area contributed by atoms with E-state index in [0.29, 0.717) is 5.02 Å². The van der Waals surface area contributed by atoms with Crippen molar-refractivity contribution in [2.24, 2.45) is 46.8 Å². The minimum atomic E-state index is -0.727. The maximum absolute atomic E-state index is 12.7. The summed E-state index contributed by atoms with van der Waals surface area (Å²) < 4.78 is 5.08. The van der Waals surface area contributed by atoms with Gasteiger partial charge in [0.25, 0.3) is 5.91 Å². The average Bonchev–Trinajstić information content (AvgIpc) is 3.07. The van der Waals surface area contributed by atoms with Crippen molar-refractivity contribution >= 4 is 23.6 Å². The van der Waals surface area contributed by atoms with E-state index in [1.807, 2.05) is 24.3 Å². The maximum Gasteiger partial charge on any atom is 0.408 e. The maximum atomic E-state index is 12.7. The minimum Gasteiger partial charge on any atom is -0.434 e. The van der Waals surface area contributed by atoms with E-state index in [0.717, 1.165) is 47.0 Å². The Morgan fingerprint density at radius 3 is 2.36 bits per heavy atom. The highest BCUT2D eigenvalue weighted by atomic mass is 35.5. The van der Waals surface area contributed by atoms with Crippen molar-refractivity contribution in [2.75, 3.05) is 6.54 Å². The predicted molar refractivity (Wildman–Crippen MR) is 87.5 cm³/mol. The van der Waals surface area contributed by atoms with Gasteiger partial charge < -0.3 is 15.4 Å². The van der Waals surface area contributed by atoms with Gasteiger partial charge in [-0.3, -0.25) is 4.79 Å². The van der Waals surface area contributed by atoms with Crippen molar-refractivity contribution in [3.05, 3.63) is 34.9 Å². The number of cyclic esters (lactones) is 1. The molecule has 0 radical (unpaired) electrons. The molecule has 6 saturated carbocycles. The molecule has 1 aromatic rings. The van der Waals surface area contributed by atoms with E-state index < -0.39 is 12.2 Å². The van der Waals surface area contributed by atoms with Crippen LogP contribution in [0.15, 0.2) is 24.3 Å².